The van der Waals surface area contributed by atoms with Crippen LogP contribution in [-0.4, -0.2) is 10.8 Å². The highest BCUT2D eigenvalue weighted by Gasteiger charge is 2.33. The molecule has 1 amide bonds. The Morgan fingerprint density at radius 2 is 1.88 bits per heavy atom. The molecule has 0 fully saturated rings. The second-order valence-electron chi connectivity index (χ2n) is 5.25. The normalized spacial score (nSPS) is 11.1. The Hall–Kier alpha value is -2.81. The standard InChI is InChI=1S/C16H13ClF3N3O3/c17-12-4-2-1-3-10(12)5-8-15(24)22-21-13-7-6-11(16(18,19)20)9-14(13)23(25)26/h1-4,6-7,9,21H,5,8H2,(H,22,24). The number of aryl methyl sites for hydroxylation is 1. The van der Waals surface area contributed by atoms with E-state index in [1.807, 2.05) is 0 Å². The first-order chi connectivity index (χ1) is 12.2. The van der Waals surface area contributed by atoms with E-state index in [2.05, 4.69) is 10.9 Å². The maximum absolute atomic E-state index is 12.6. The lowest BCUT2D eigenvalue weighted by molar-refractivity contribution is -0.384. The van der Waals surface area contributed by atoms with E-state index in [4.69, 9.17) is 11.6 Å². The van der Waals surface area contributed by atoms with Crippen LogP contribution in [0.3, 0.4) is 0 Å². The van der Waals surface area contributed by atoms with E-state index in [1.165, 1.54) is 0 Å². The van der Waals surface area contributed by atoms with E-state index >= 15 is 0 Å². The van der Waals surface area contributed by atoms with Crippen LogP contribution in [0.5, 0.6) is 0 Å². The van der Waals surface area contributed by atoms with Crippen molar-refractivity contribution >= 4 is 28.9 Å². The van der Waals surface area contributed by atoms with Crippen molar-refractivity contribution in [1.29, 1.82) is 0 Å². The van der Waals surface area contributed by atoms with Crippen LogP contribution in [0.25, 0.3) is 0 Å². The molecule has 10 heteroatoms. The van der Waals surface area contributed by atoms with Crippen molar-refractivity contribution in [3.8, 4) is 0 Å². The van der Waals surface area contributed by atoms with Gasteiger partial charge in [-0.3, -0.25) is 25.8 Å². The zero-order valence-corrected chi connectivity index (χ0v) is 13.9. The first-order valence-electron chi connectivity index (χ1n) is 7.32. The predicted octanol–water partition coefficient (Wildman–Crippen LogP) is 4.34. The largest absolute Gasteiger partial charge is 0.416 e. The fraction of sp³-hybridized carbons (Fsp3) is 0.188. The fourth-order valence-corrected chi connectivity index (χ4v) is 2.34. The number of carbonyl (C=O) groups excluding carboxylic acids is 1. The maximum atomic E-state index is 12.6. The summed E-state index contributed by atoms with van der Waals surface area (Å²) in [5.74, 6) is -0.501. The van der Waals surface area contributed by atoms with E-state index in [9.17, 15) is 28.1 Å². The van der Waals surface area contributed by atoms with E-state index < -0.39 is 28.3 Å². The molecule has 0 unspecified atom stereocenters. The molecule has 0 spiro atoms. The van der Waals surface area contributed by atoms with Gasteiger partial charge in [-0.2, -0.15) is 13.2 Å². The monoisotopic (exact) mass is 387 g/mol. The van der Waals surface area contributed by atoms with E-state index in [0.29, 0.717) is 23.6 Å². The van der Waals surface area contributed by atoms with Gasteiger partial charge < -0.3 is 0 Å². The molecule has 2 aromatic rings. The minimum Gasteiger partial charge on any atom is -0.292 e. The minimum atomic E-state index is -4.71. The molecule has 0 bridgehead atoms. The number of benzene rings is 2. The number of amides is 1. The van der Waals surface area contributed by atoms with E-state index in [1.54, 1.807) is 24.3 Å². The summed E-state index contributed by atoms with van der Waals surface area (Å²) in [6.45, 7) is 0. The predicted molar refractivity (Wildman–Crippen MR) is 89.6 cm³/mol. The Labute approximate surface area is 151 Å². The third-order valence-electron chi connectivity index (χ3n) is 3.44. The van der Waals surface area contributed by atoms with Crippen LogP contribution in [0.15, 0.2) is 42.5 Å². The van der Waals surface area contributed by atoms with Crippen molar-refractivity contribution < 1.29 is 22.9 Å². The Morgan fingerprint density at radius 3 is 2.50 bits per heavy atom. The number of nitrogens with zero attached hydrogens (tertiary/aromatic N) is 1. The van der Waals surface area contributed by atoms with Crippen molar-refractivity contribution in [2.75, 3.05) is 5.43 Å². The smallest absolute Gasteiger partial charge is 0.292 e. The van der Waals surface area contributed by atoms with Gasteiger partial charge >= 0.3 is 6.18 Å². The summed E-state index contributed by atoms with van der Waals surface area (Å²) in [6.07, 6.45) is -4.34. The van der Waals surface area contributed by atoms with Crippen LogP contribution < -0.4 is 10.9 Å². The number of nitro benzene ring substituents is 1. The molecule has 0 atom stereocenters. The molecule has 2 N–H and O–H groups in total. The van der Waals surface area contributed by atoms with Crippen molar-refractivity contribution in [3.63, 3.8) is 0 Å². The number of halogens is 4. The highest BCUT2D eigenvalue weighted by Crippen LogP contribution is 2.34. The van der Waals surface area contributed by atoms with Gasteiger partial charge in [0.05, 0.1) is 10.5 Å². The third-order valence-corrected chi connectivity index (χ3v) is 3.81. The van der Waals surface area contributed by atoms with Crippen LogP contribution in [-0.2, 0) is 17.4 Å². The molecular weight excluding hydrogens is 375 g/mol. The number of anilines is 1. The Morgan fingerprint density at radius 1 is 1.19 bits per heavy atom. The first kappa shape index (κ1) is 19.5. The van der Waals surface area contributed by atoms with Crippen LogP contribution >= 0.6 is 11.6 Å². The number of nitro groups is 1. The lowest BCUT2D eigenvalue weighted by Gasteiger charge is -2.11. The average Bonchev–Trinajstić information content (AvgIpc) is 2.58. The van der Waals surface area contributed by atoms with Crippen LogP contribution in [0.2, 0.25) is 5.02 Å². The summed E-state index contributed by atoms with van der Waals surface area (Å²) < 4.78 is 37.9. The number of hydrazine groups is 1. The van der Waals surface area contributed by atoms with Gasteiger partial charge in [0.2, 0.25) is 5.91 Å². The molecule has 0 aliphatic rings. The molecule has 0 aliphatic heterocycles. The number of rotatable bonds is 6. The van der Waals surface area contributed by atoms with Gasteiger partial charge in [-0.15, -0.1) is 0 Å². The summed E-state index contributed by atoms with van der Waals surface area (Å²) in [4.78, 5) is 21.8. The summed E-state index contributed by atoms with van der Waals surface area (Å²) in [7, 11) is 0. The molecule has 2 rings (SSSR count). The quantitative estimate of drug-likeness (QED) is 0.570. The van der Waals surface area contributed by atoms with Gasteiger partial charge in [0.25, 0.3) is 5.69 Å². The van der Waals surface area contributed by atoms with Crippen molar-refractivity contribution in [3.05, 3.63) is 68.7 Å². The fourth-order valence-electron chi connectivity index (χ4n) is 2.11. The molecule has 26 heavy (non-hydrogen) atoms. The zero-order chi connectivity index (χ0) is 19.3. The second kappa shape index (κ2) is 8.05. The van der Waals surface area contributed by atoms with Gasteiger partial charge in [-0.1, -0.05) is 29.8 Å². The molecule has 138 valence electrons. The van der Waals surface area contributed by atoms with Gasteiger partial charge in [0.15, 0.2) is 0 Å². The Balaban J connectivity index is 2.01. The Bertz CT molecular complexity index is 828. The zero-order valence-electron chi connectivity index (χ0n) is 13.1. The molecule has 0 radical (unpaired) electrons. The SMILES string of the molecule is O=C(CCc1ccccc1Cl)NNc1ccc(C(F)(F)F)cc1[N+](=O)[O-]. The average molecular weight is 388 g/mol. The lowest BCUT2D eigenvalue weighted by atomic mass is 10.1. The maximum Gasteiger partial charge on any atom is 0.416 e. The summed E-state index contributed by atoms with van der Waals surface area (Å²) in [5, 5.41) is 11.5. The lowest BCUT2D eigenvalue weighted by Crippen LogP contribution is -2.30. The second-order valence-corrected chi connectivity index (χ2v) is 5.66. The molecule has 6 nitrogen and oxygen atoms in total. The van der Waals surface area contributed by atoms with Crippen molar-refractivity contribution in [1.82, 2.24) is 5.43 Å². The molecule has 0 heterocycles. The van der Waals surface area contributed by atoms with Crippen molar-refractivity contribution in [2.24, 2.45) is 0 Å². The minimum absolute atomic E-state index is 0.0329. The summed E-state index contributed by atoms with van der Waals surface area (Å²) >= 11 is 5.97. The highest BCUT2D eigenvalue weighted by atomic mass is 35.5. The molecule has 0 aliphatic carbocycles. The van der Waals surface area contributed by atoms with Gasteiger partial charge in [-0.25, -0.2) is 0 Å². The van der Waals surface area contributed by atoms with Crippen LogP contribution in [0, 0.1) is 10.1 Å². The summed E-state index contributed by atoms with van der Waals surface area (Å²) in [6, 6.07) is 8.92. The number of alkyl halides is 3. The van der Waals surface area contributed by atoms with Gasteiger partial charge in [0.1, 0.15) is 5.69 Å². The number of hydrogen-bond donors (Lipinski definition) is 2. The van der Waals surface area contributed by atoms with Crippen molar-refractivity contribution in [2.45, 2.75) is 19.0 Å². The molecule has 0 aromatic heterocycles. The van der Waals surface area contributed by atoms with Crippen LogP contribution in [0.4, 0.5) is 24.5 Å². The molecular formula is C16H13ClF3N3O3. The van der Waals surface area contributed by atoms with Gasteiger partial charge in [-0.05, 0) is 30.2 Å². The Kier molecular flexibility index (Phi) is 6.04. The number of hydrogen-bond acceptors (Lipinski definition) is 4. The van der Waals surface area contributed by atoms with Crippen LogP contribution in [0.1, 0.15) is 17.5 Å². The molecule has 0 saturated heterocycles. The molecule has 2 aromatic carbocycles. The van der Waals surface area contributed by atoms with E-state index in [-0.39, 0.29) is 12.1 Å². The highest BCUT2D eigenvalue weighted by molar-refractivity contribution is 6.31. The van der Waals surface area contributed by atoms with Gasteiger partial charge in [0, 0.05) is 17.5 Å². The third kappa shape index (κ3) is 5.09. The number of nitrogens with one attached hydrogen (secondary N) is 2. The number of carbonyl (C=O) groups is 1. The summed E-state index contributed by atoms with van der Waals surface area (Å²) in [5.41, 5.74) is 3.05. The molecule has 0 saturated carbocycles. The first-order valence-corrected chi connectivity index (χ1v) is 7.70. The topological polar surface area (TPSA) is 84.3 Å². The van der Waals surface area contributed by atoms with E-state index in [0.717, 1.165) is 11.6 Å².